The predicted molar refractivity (Wildman–Crippen MR) is 102 cm³/mol. The quantitative estimate of drug-likeness (QED) is 0.799. The number of piperazine rings is 1. The van der Waals surface area contributed by atoms with Crippen molar-refractivity contribution in [2.45, 2.75) is 6.92 Å². The molecule has 150 valence electrons. The van der Waals surface area contributed by atoms with Crippen molar-refractivity contribution in [1.29, 1.82) is 0 Å². The van der Waals surface area contributed by atoms with Crippen molar-refractivity contribution in [2.75, 3.05) is 52.3 Å². The standard InChI is InChI=1S/C19H24N4O5/c1-13-10-17(21-28-13)20-18(24)12-22-6-8-23(9-7-22)19(25)14-4-5-15(26-2)16(11-14)27-3/h4-5,10-11H,6-9,12H2,1-3H3,(H,20,21,24). The highest BCUT2D eigenvalue weighted by Crippen LogP contribution is 2.28. The number of carbonyl (C=O) groups excluding carboxylic acids is 2. The summed E-state index contributed by atoms with van der Waals surface area (Å²) in [5, 5.41) is 6.45. The number of methoxy groups -OCH3 is 2. The normalized spacial score (nSPS) is 14.6. The van der Waals surface area contributed by atoms with Crippen molar-refractivity contribution in [3.63, 3.8) is 0 Å². The molecule has 2 amide bonds. The number of rotatable bonds is 6. The minimum absolute atomic E-state index is 0.0665. The lowest BCUT2D eigenvalue weighted by atomic mass is 10.1. The number of nitrogens with zero attached hydrogens (tertiary/aromatic N) is 3. The summed E-state index contributed by atoms with van der Waals surface area (Å²) < 4.78 is 15.4. The van der Waals surface area contributed by atoms with Gasteiger partial charge < -0.3 is 24.2 Å². The van der Waals surface area contributed by atoms with Crippen molar-refractivity contribution in [1.82, 2.24) is 15.0 Å². The molecular formula is C19H24N4O5. The molecule has 9 nitrogen and oxygen atoms in total. The first kappa shape index (κ1) is 19.7. The van der Waals surface area contributed by atoms with E-state index in [0.717, 1.165) is 0 Å². The molecule has 1 aromatic carbocycles. The van der Waals surface area contributed by atoms with E-state index in [4.69, 9.17) is 14.0 Å². The number of aryl methyl sites for hydroxylation is 1. The maximum absolute atomic E-state index is 12.8. The third-order valence-corrected chi connectivity index (χ3v) is 4.55. The Bertz CT molecular complexity index is 843. The summed E-state index contributed by atoms with van der Waals surface area (Å²) in [6.07, 6.45) is 0. The first-order valence-electron chi connectivity index (χ1n) is 8.97. The van der Waals surface area contributed by atoms with Gasteiger partial charge in [-0.2, -0.15) is 0 Å². The number of nitrogens with one attached hydrogen (secondary N) is 1. The molecule has 3 rings (SSSR count). The second-order valence-corrected chi connectivity index (χ2v) is 6.51. The predicted octanol–water partition coefficient (Wildman–Crippen LogP) is 1.40. The molecule has 28 heavy (non-hydrogen) atoms. The fourth-order valence-corrected chi connectivity index (χ4v) is 3.07. The van der Waals surface area contributed by atoms with Gasteiger partial charge in [0.2, 0.25) is 5.91 Å². The van der Waals surface area contributed by atoms with E-state index >= 15 is 0 Å². The van der Waals surface area contributed by atoms with Crippen molar-refractivity contribution in [3.05, 3.63) is 35.6 Å². The molecule has 1 N–H and O–H groups in total. The second kappa shape index (κ2) is 8.75. The van der Waals surface area contributed by atoms with Gasteiger partial charge in [0.1, 0.15) is 5.76 Å². The molecule has 2 aromatic rings. The Labute approximate surface area is 163 Å². The van der Waals surface area contributed by atoms with Crippen LogP contribution in [0.4, 0.5) is 5.82 Å². The van der Waals surface area contributed by atoms with Gasteiger partial charge in [0.05, 0.1) is 20.8 Å². The SMILES string of the molecule is COc1ccc(C(=O)N2CCN(CC(=O)Nc3cc(C)on3)CC2)cc1OC. The highest BCUT2D eigenvalue weighted by molar-refractivity contribution is 5.95. The maximum atomic E-state index is 12.8. The summed E-state index contributed by atoms with van der Waals surface area (Å²) in [5.74, 6) is 1.92. The first-order valence-corrected chi connectivity index (χ1v) is 8.97. The molecule has 0 aliphatic carbocycles. The maximum Gasteiger partial charge on any atom is 0.254 e. The van der Waals surface area contributed by atoms with Crippen LogP contribution >= 0.6 is 0 Å². The summed E-state index contributed by atoms with van der Waals surface area (Å²) in [6, 6.07) is 6.79. The Hall–Kier alpha value is -3.07. The Balaban J connectivity index is 1.52. The summed E-state index contributed by atoms with van der Waals surface area (Å²) >= 11 is 0. The smallest absolute Gasteiger partial charge is 0.254 e. The zero-order chi connectivity index (χ0) is 20.1. The van der Waals surface area contributed by atoms with Gasteiger partial charge in [0.15, 0.2) is 17.3 Å². The van der Waals surface area contributed by atoms with Gasteiger partial charge in [-0.3, -0.25) is 14.5 Å². The van der Waals surface area contributed by atoms with Gasteiger partial charge >= 0.3 is 0 Å². The zero-order valence-corrected chi connectivity index (χ0v) is 16.2. The van der Waals surface area contributed by atoms with Gasteiger partial charge in [0, 0.05) is 37.8 Å². The Morgan fingerprint density at radius 1 is 1.11 bits per heavy atom. The van der Waals surface area contributed by atoms with Crippen LogP contribution in [0.25, 0.3) is 0 Å². The van der Waals surface area contributed by atoms with Gasteiger partial charge in [-0.15, -0.1) is 0 Å². The fourth-order valence-electron chi connectivity index (χ4n) is 3.07. The molecule has 1 aliphatic rings. The van der Waals surface area contributed by atoms with Crippen LogP contribution < -0.4 is 14.8 Å². The van der Waals surface area contributed by atoms with Gasteiger partial charge in [0.25, 0.3) is 5.91 Å². The monoisotopic (exact) mass is 388 g/mol. The van der Waals surface area contributed by atoms with E-state index in [9.17, 15) is 9.59 Å². The molecule has 0 radical (unpaired) electrons. The molecule has 9 heteroatoms. The molecule has 1 aliphatic heterocycles. The van der Waals surface area contributed by atoms with Crippen LogP contribution in [0, 0.1) is 6.92 Å². The van der Waals surface area contributed by atoms with Gasteiger partial charge in [-0.05, 0) is 25.1 Å². The van der Waals surface area contributed by atoms with Crippen LogP contribution in [-0.4, -0.2) is 73.7 Å². The van der Waals surface area contributed by atoms with Crippen LogP contribution in [0.5, 0.6) is 11.5 Å². The fraction of sp³-hybridized carbons (Fsp3) is 0.421. The molecular weight excluding hydrogens is 364 g/mol. The van der Waals surface area contributed by atoms with E-state index in [1.54, 1.807) is 43.2 Å². The van der Waals surface area contributed by atoms with E-state index in [1.807, 2.05) is 4.90 Å². The third-order valence-electron chi connectivity index (χ3n) is 4.55. The topological polar surface area (TPSA) is 97.1 Å². The van der Waals surface area contributed by atoms with E-state index in [1.165, 1.54) is 7.11 Å². The highest BCUT2D eigenvalue weighted by Gasteiger charge is 2.24. The molecule has 1 saturated heterocycles. The second-order valence-electron chi connectivity index (χ2n) is 6.51. The number of hydrogen-bond donors (Lipinski definition) is 1. The molecule has 1 fully saturated rings. The van der Waals surface area contributed by atoms with Crippen LogP contribution in [0.1, 0.15) is 16.1 Å². The summed E-state index contributed by atoms with van der Waals surface area (Å²) in [7, 11) is 3.09. The zero-order valence-electron chi connectivity index (χ0n) is 16.2. The Kier molecular flexibility index (Phi) is 6.15. The lowest BCUT2D eigenvalue weighted by molar-refractivity contribution is -0.117. The number of hydrogen-bond acceptors (Lipinski definition) is 7. The van der Waals surface area contributed by atoms with Crippen molar-refractivity contribution in [2.24, 2.45) is 0 Å². The average molecular weight is 388 g/mol. The number of anilines is 1. The van der Waals surface area contributed by atoms with E-state index < -0.39 is 0 Å². The summed E-state index contributed by atoms with van der Waals surface area (Å²) in [5.41, 5.74) is 0.547. The van der Waals surface area contributed by atoms with Crippen LogP contribution in [0.2, 0.25) is 0 Å². The Morgan fingerprint density at radius 3 is 2.43 bits per heavy atom. The number of amides is 2. The lowest BCUT2D eigenvalue weighted by Crippen LogP contribution is -2.50. The van der Waals surface area contributed by atoms with Gasteiger partial charge in [-0.25, -0.2) is 0 Å². The van der Waals surface area contributed by atoms with E-state index in [0.29, 0.717) is 54.8 Å². The average Bonchev–Trinajstić information content (AvgIpc) is 3.11. The minimum Gasteiger partial charge on any atom is -0.493 e. The van der Waals surface area contributed by atoms with Gasteiger partial charge in [-0.1, -0.05) is 5.16 Å². The van der Waals surface area contributed by atoms with Crippen LogP contribution in [0.15, 0.2) is 28.8 Å². The molecule has 1 aromatic heterocycles. The molecule has 2 heterocycles. The highest BCUT2D eigenvalue weighted by atomic mass is 16.5. The molecule has 0 atom stereocenters. The van der Waals surface area contributed by atoms with Crippen molar-refractivity contribution in [3.8, 4) is 11.5 Å². The Morgan fingerprint density at radius 2 is 1.82 bits per heavy atom. The summed E-state index contributed by atoms with van der Waals surface area (Å²) in [4.78, 5) is 28.6. The van der Waals surface area contributed by atoms with Crippen molar-refractivity contribution < 1.29 is 23.6 Å². The number of ether oxygens (including phenoxy) is 2. The largest absolute Gasteiger partial charge is 0.493 e. The number of carbonyl (C=O) groups is 2. The molecule has 0 unspecified atom stereocenters. The van der Waals surface area contributed by atoms with Crippen LogP contribution in [0.3, 0.4) is 0 Å². The van der Waals surface area contributed by atoms with E-state index in [2.05, 4.69) is 10.5 Å². The molecule has 0 bridgehead atoms. The molecule has 0 spiro atoms. The van der Waals surface area contributed by atoms with Crippen LogP contribution in [-0.2, 0) is 4.79 Å². The van der Waals surface area contributed by atoms with Crippen molar-refractivity contribution >= 4 is 17.6 Å². The third kappa shape index (κ3) is 4.61. The van der Waals surface area contributed by atoms with E-state index in [-0.39, 0.29) is 18.4 Å². The first-order chi connectivity index (χ1) is 13.5. The molecule has 0 saturated carbocycles. The summed E-state index contributed by atoms with van der Waals surface area (Å²) in [6.45, 7) is 4.32. The number of aromatic nitrogens is 1. The number of benzene rings is 1. The minimum atomic E-state index is -0.159. The lowest BCUT2D eigenvalue weighted by Gasteiger charge is -2.34.